The molecule has 188 valence electrons. The molecular formula is C25H30N2O8. The van der Waals surface area contributed by atoms with Crippen molar-refractivity contribution >= 4 is 23.2 Å². The molecule has 3 aliphatic rings. The maximum Gasteiger partial charge on any atom is 0.255 e. The Morgan fingerprint density at radius 1 is 1.23 bits per heavy atom. The van der Waals surface area contributed by atoms with Crippen LogP contribution in [0.1, 0.15) is 47.7 Å². The lowest BCUT2D eigenvalue weighted by Crippen LogP contribution is -2.57. The molecule has 0 spiro atoms. The summed E-state index contributed by atoms with van der Waals surface area (Å²) in [7, 11) is 3.62. The maximum absolute atomic E-state index is 13.7. The summed E-state index contributed by atoms with van der Waals surface area (Å²) in [6.07, 6.45) is 0.872. The second-order valence-electron chi connectivity index (χ2n) is 9.61. The topological polar surface area (TPSA) is 171 Å². The number of aliphatic hydroxyl groups is 3. The Bertz CT molecular complexity index is 1200. The van der Waals surface area contributed by atoms with Crippen molar-refractivity contribution in [1.29, 1.82) is 0 Å². The molecule has 0 heterocycles. The molecule has 0 saturated carbocycles. The minimum absolute atomic E-state index is 0.0112. The zero-order chi connectivity index (χ0) is 25.8. The summed E-state index contributed by atoms with van der Waals surface area (Å²) in [5, 5.41) is 43.8. The van der Waals surface area contributed by atoms with Crippen molar-refractivity contribution in [2.24, 2.45) is 17.6 Å². The monoisotopic (exact) mass is 486 g/mol. The van der Waals surface area contributed by atoms with Gasteiger partial charge in [0.15, 0.2) is 11.4 Å². The van der Waals surface area contributed by atoms with Crippen LogP contribution in [0.5, 0.6) is 5.75 Å². The molecule has 0 saturated heterocycles. The molecule has 35 heavy (non-hydrogen) atoms. The number of nitrogens with zero attached hydrogens (tertiary/aromatic N) is 1. The number of fused-ring (bicyclic) bond motifs is 3. The highest BCUT2D eigenvalue weighted by molar-refractivity contribution is 6.24. The van der Waals surface area contributed by atoms with Crippen LogP contribution in [0.15, 0.2) is 28.7 Å². The first-order chi connectivity index (χ1) is 16.4. The van der Waals surface area contributed by atoms with E-state index in [-0.39, 0.29) is 42.8 Å². The van der Waals surface area contributed by atoms with E-state index in [1.807, 2.05) is 25.9 Å². The fraction of sp³-hybridized carbons (Fsp3) is 0.480. The molecule has 0 aliphatic heterocycles. The molecule has 3 aliphatic carbocycles. The molecule has 0 unspecified atom stereocenters. The SMILES string of the molecule is CCCOCc1cc(N(C)C)c2c(c1O)C(=O)C1=C(O)[C@]3(O)C(=O)C(C(N)=O)=C(O)C[C@@H]3C[C@@H]1C2. The number of hydrogen-bond acceptors (Lipinski definition) is 9. The van der Waals surface area contributed by atoms with Gasteiger partial charge in [0.2, 0.25) is 5.78 Å². The highest BCUT2D eigenvalue weighted by Crippen LogP contribution is 2.52. The summed E-state index contributed by atoms with van der Waals surface area (Å²) in [6.45, 7) is 2.49. The number of rotatable bonds is 6. The van der Waals surface area contributed by atoms with E-state index in [0.717, 1.165) is 6.42 Å². The van der Waals surface area contributed by atoms with Crippen molar-refractivity contribution < 1.29 is 39.5 Å². The number of benzene rings is 1. The number of aromatic hydroxyl groups is 1. The number of Topliss-reactive ketones (excluding diaryl/α,β-unsaturated/α-hetero) is 2. The normalized spacial score (nSPS) is 25.8. The molecule has 0 fully saturated rings. The van der Waals surface area contributed by atoms with Gasteiger partial charge in [-0.05, 0) is 36.8 Å². The molecule has 10 heteroatoms. The second kappa shape index (κ2) is 8.69. The largest absolute Gasteiger partial charge is 0.511 e. The lowest BCUT2D eigenvalue weighted by atomic mass is 9.60. The zero-order valence-corrected chi connectivity index (χ0v) is 19.9. The Morgan fingerprint density at radius 3 is 2.51 bits per heavy atom. The van der Waals surface area contributed by atoms with Crippen molar-refractivity contribution in [2.45, 2.75) is 44.8 Å². The van der Waals surface area contributed by atoms with Crippen molar-refractivity contribution in [2.75, 3.05) is 25.6 Å². The number of nitrogens with two attached hydrogens (primary N) is 1. The first-order valence-corrected chi connectivity index (χ1v) is 11.5. The highest BCUT2D eigenvalue weighted by atomic mass is 16.5. The van der Waals surface area contributed by atoms with Crippen LogP contribution >= 0.6 is 0 Å². The summed E-state index contributed by atoms with van der Waals surface area (Å²) in [6, 6.07) is 1.77. The van der Waals surface area contributed by atoms with Gasteiger partial charge in [-0.25, -0.2) is 0 Å². The Labute approximate surface area is 202 Å². The van der Waals surface area contributed by atoms with Crippen molar-refractivity contribution in [3.05, 3.63) is 45.4 Å². The Morgan fingerprint density at radius 2 is 1.91 bits per heavy atom. The lowest BCUT2D eigenvalue weighted by molar-refractivity contribution is -0.144. The van der Waals surface area contributed by atoms with Gasteiger partial charge in [-0.3, -0.25) is 14.4 Å². The van der Waals surface area contributed by atoms with Crippen molar-refractivity contribution in [1.82, 2.24) is 0 Å². The first-order valence-electron chi connectivity index (χ1n) is 11.5. The molecule has 1 aromatic carbocycles. The number of phenolic OH excluding ortho intramolecular Hbond substituents is 1. The first kappa shape index (κ1) is 24.7. The molecule has 3 atom stereocenters. The quantitative estimate of drug-likeness (QED) is 0.296. The number of anilines is 1. The van der Waals surface area contributed by atoms with Crippen molar-refractivity contribution in [3.8, 4) is 5.75 Å². The Kier molecular flexibility index (Phi) is 6.14. The van der Waals surface area contributed by atoms with Crippen LogP contribution in [0.2, 0.25) is 0 Å². The van der Waals surface area contributed by atoms with E-state index in [9.17, 15) is 34.8 Å². The van der Waals surface area contributed by atoms with Gasteiger partial charge in [-0.1, -0.05) is 6.92 Å². The number of amides is 1. The number of carbonyl (C=O) groups is 3. The molecule has 1 amide bonds. The average molecular weight is 487 g/mol. The average Bonchev–Trinajstić information content (AvgIpc) is 2.77. The fourth-order valence-corrected chi connectivity index (χ4v) is 5.56. The van der Waals surface area contributed by atoms with Gasteiger partial charge in [0.05, 0.1) is 12.2 Å². The predicted molar refractivity (Wildman–Crippen MR) is 125 cm³/mol. The van der Waals surface area contributed by atoms with Crippen LogP contribution in [0, 0.1) is 11.8 Å². The summed E-state index contributed by atoms with van der Waals surface area (Å²) in [5.74, 6) is -6.37. The van der Waals surface area contributed by atoms with E-state index >= 15 is 0 Å². The van der Waals surface area contributed by atoms with Gasteiger partial charge in [0, 0.05) is 49.9 Å². The van der Waals surface area contributed by atoms with Crippen molar-refractivity contribution in [3.63, 3.8) is 0 Å². The summed E-state index contributed by atoms with van der Waals surface area (Å²) in [4.78, 5) is 40.3. The molecule has 0 aromatic heterocycles. The fourth-order valence-electron chi connectivity index (χ4n) is 5.56. The minimum Gasteiger partial charge on any atom is -0.511 e. The molecule has 0 radical (unpaired) electrons. The van der Waals surface area contributed by atoms with Gasteiger partial charge in [-0.2, -0.15) is 0 Å². The third-order valence-electron chi connectivity index (χ3n) is 7.21. The third kappa shape index (κ3) is 3.59. The van der Waals surface area contributed by atoms with Gasteiger partial charge in [0.1, 0.15) is 22.8 Å². The van der Waals surface area contributed by atoms with Crippen LogP contribution in [0.4, 0.5) is 5.69 Å². The highest BCUT2D eigenvalue weighted by Gasteiger charge is 2.59. The molecule has 6 N–H and O–H groups in total. The van der Waals surface area contributed by atoms with Crippen LogP contribution in [-0.2, 0) is 27.4 Å². The van der Waals surface area contributed by atoms with Crippen LogP contribution < -0.4 is 10.6 Å². The Hall–Kier alpha value is -3.37. The van der Waals surface area contributed by atoms with E-state index in [1.54, 1.807) is 6.07 Å². The zero-order valence-electron chi connectivity index (χ0n) is 19.9. The van der Waals surface area contributed by atoms with Crippen LogP contribution in [0.3, 0.4) is 0 Å². The molecular weight excluding hydrogens is 456 g/mol. The van der Waals surface area contributed by atoms with E-state index in [4.69, 9.17) is 10.5 Å². The van der Waals surface area contributed by atoms with Gasteiger partial charge < -0.3 is 35.8 Å². The summed E-state index contributed by atoms with van der Waals surface area (Å²) in [5.41, 5.74) is 3.37. The molecule has 0 bridgehead atoms. The van der Waals surface area contributed by atoms with E-state index in [2.05, 4.69) is 0 Å². The minimum atomic E-state index is -2.57. The van der Waals surface area contributed by atoms with Gasteiger partial charge in [0.25, 0.3) is 5.91 Å². The lowest BCUT2D eigenvalue weighted by Gasteiger charge is -2.46. The maximum atomic E-state index is 13.7. The second-order valence-corrected chi connectivity index (χ2v) is 9.61. The van der Waals surface area contributed by atoms with Gasteiger partial charge >= 0.3 is 0 Å². The number of phenols is 1. The van der Waals surface area contributed by atoms with Gasteiger partial charge in [-0.15, -0.1) is 0 Å². The number of aliphatic hydroxyl groups excluding tert-OH is 2. The number of ketones is 2. The number of ether oxygens (including phenoxy) is 1. The molecule has 10 nitrogen and oxygen atoms in total. The van der Waals surface area contributed by atoms with E-state index < -0.39 is 52.0 Å². The standard InChI is InChI=1S/C25H30N2O8/c1-4-5-35-10-12-8-15(27(2)3)14-7-11-6-13-9-16(28)19(24(26)33)23(32)25(13,34)22(31)17(11)21(30)18(14)20(12)29/h8,11,13,28-29,31,34H,4-7,9-10H2,1-3H3,(H2,26,33)/t11-,13+,25+/m1/s1. The third-order valence-corrected chi connectivity index (χ3v) is 7.21. The summed E-state index contributed by atoms with van der Waals surface area (Å²) >= 11 is 0. The predicted octanol–water partition coefficient (Wildman–Crippen LogP) is 1.57. The van der Waals surface area contributed by atoms with Crippen LogP contribution in [-0.4, -0.2) is 64.2 Å². The number of primary amides is 1. The number of carbonyl (C=O) groups excluding carboxylic acids is 3. The van der Waals surface area contributed by atoms with Crippen LogP contribution in [0.25, 0.3) is 0 Å². The molecule has 1 aromatic rings. The number of hydrogen-bond donors (Lipinski definition) is 5. The summed E-state index contributed by atoms with van der Waals surface area (Å²) < 4.78 is 5.58. The van der Waals surface area contributed by atoms with E-state index in [0.29, 0.717) is 23.4 Å². The molecule has 4 rings (SSSR count). The Balaban J connectivity index is 1.88. The van der Waals surface area contributed by atoms with E-state index in [1.165, 1.54) is 0 Å². The number of allylic oxidation sites excluding steroid dienone is 2. The smallest absolute Gasteiger partial charge is 0.255 e.